The maximum absolute atomic E-state index is 13.2. The van der Waals surface area contributed by atoms with Crippen LogP contribution in [0.1, 0.15) is 47.5 Å². The lowest BCUT2D eigenvalue weighted by molar-refractivity contribution is -0.125. The van der Waals surface area contributed by atoms with Gasteiger partial charge in [0, 0.05) is 5.69 Å². The molecule has 2 atom stereocenters. The minimum Gasteiger partial charge on any atom is -0.486 e. The van der Waals surface area contributed by atoms with Crippen LogP contribution in [0.2, 0.25) is 0 Å². The molecule has 6 nitrogen and oxygen atoms in total. The fraction of sp³-hybridized carbons (Fsp3) is 0.407. The van der Waals surface area contributed by atoms with Crippen molar-refractivity contribution in [2.45, 2.75) is 53.1 Å². The third kappa shape index (κ3) is 5.38. The molecule has 0 saturated heterocycles. The van der Waals surface area contributed by atoms with Crippen molar-refractivity contribution in [1.82, 2.24) is 15.1 Å². The molecule has 0 saturated carbocycles. The van der Waals surface area contributed by atoms with E-state index < -0.39 is 0 Å². The number of hydrogen-bond donors (Lipinski definition) is 1. The van der Waals surface area contributed by atoms with Gasteiger partial charge in [-0.25, -0.2) is 0 Å². The van der Waals surface area contributed by atoms with Crippen LogP contribution in [0, 0.1) is 26.7 Å². The number of hydrogen-bond acceptors (Lipinski definition) is 4. The molecule has 0 spiro atoms. The van der Waals surface area contributed by atoms with Gasteiger partial charge < -0.3 is 14.8 Å². The van der Waals surface area contributed by atoms with Crippen molar-refractivity contribution >= 4 is 5.91 Å². The Bertz CT molecular complexity index is 1110. The fourth-order valence-electron chi connectivity index (χ4n) is 4.18. The molecule has 33 heavy (non-hydrogen) atoms. The normalized spacial score (nSPS) is 14.5. The van der Waals surface area contributed by atoms with E-state index in [4.69, 9.17) is 9.47 Å². The molecule has 1 aliphatic rings. The highest BCUT2D eigenvalue weighted by molar-refractivity contribution is 5.78. The van der Waals surface area contributed by atoms with E-state index in [1.807, 2.05) is 54.9 Å². The summed E-state index contributed by atoms with van der Waals surface area (Å²) in [5.74, 6) is 1.31. The molecule has 174 valence electrons. The Balaban J connectivity index is 1.50. The number of aromatic nitrogens is 2. The second-order valence-electron chi connectivity index (χ2n) is 8.87. The topological polar surface area (TPSA) is 65.4 Å². The van der Waals surface area contributed by atoms with Gasteiger partial charge in [0.15, 0.2) is 11.5 Å². The lowest BCUT2D eigenvalue weighted by Crippen LogP contribution is -2.35. The molecular weight excluding hydrogens is 414 g/mol. The number of ether oxygens (including phenoxy) is 2. The van der Waals surface area contributed by atoms with Crippen LogP contribution in [0.3, 0.4) is 0 Å². The summed E-state index contributed by atoms with van der Waals surface area (Å²) in [5, 5.41) is 7.89. The molecule has 2 unspecified atom stereocenters. The van der Waals surface area contributed by atoms with Gasteiger partial charge in [-0.15, -0.1) is 0 Å². The van der Waals surface area contributed by atoms with E-state index in [-0.39, 0.29) is 17.9 Å². The van der Waals surface area contributed by atoms with E-state index in [1.54, 1.807) is 0 Å². The van der Waals surface area contributed by atoms with Crippen LogP contribution < -0.4 is 14.8 Å². The summed E-state index contributed by atoms with van der Waals surface area (Å²) in [4.78, 5) is 13.2. The first kappa shape index (κ1) is 22.9. The van der Waals surface area contributed by atoms with Crippen LogP contribution in [0.25, 0.3) is 0 Å². The van der Waals surface area contributed by atoms with E-state index in [0.717, 1.165) is 41.3 Å². The maximum Gasteiger partial charge on any atom is 0.225 e. The van der Waals surface area contributed by atoms with Gasteiger partial charge in [-0.1, -0.05) is 43.3 Å². The molecule has 1 N–H and O–H groups in total. The van der Waals surface area contributed by atoms with Crippen LogP contribution in [0.5, 0.6) is 11.5 Å². The standard InChI is InChI=1S/C27H33N3O3/c1-18(17-30-21(4)19(2)20(3)29-30)27(31)28-24(12-10-22-8-6-5-7-9-22)23-11-13-25-26(16-23)33-15-14-32-25/h5-9,11,13,16,18,24H,10,12,14-15,17H2,1-4H3,(H,28,31). The number of fused-ring (bicyclic) bond motifs is 1. The highest BCUT2D eigenvalue weighted by Gasteiger charge is 2.23. The summed E-state index contributed by atoms with van der Waals surface area (Å²) in [6.07, 6.45) is 1.66. The Morgan fingerprint density at radius 2 is 1.79 bits per heavy atom. The fourth-order valence-corrected chi connectivity index (χ4v) is 4.18. The molecule has 0 radical (unpaired) electrons. The molecule has 0 fully saturated rings. The Morgan fingerprint density at radius 1 is 1.06 bits per heavy atom. The van der Waals surface area contributed by atoms with Gasteiger partial charge in [0.05, 0.1) is 24.2 Å². The number of nitrogens with zero attached hydrogens (tertiary/aromatic N) is 2. The van der Waals surface area contributed by atoms with Crippen molar-refractivity contribution in [3.05, 3.63) is 76.6 Å². The Kier molecular flexibility index (Phi) is 7.02. The second kappa shape index (κ2) is 10.1. The first-order valence-electron chi connectivity index (χ1n) is 11.7. The van der Waals surface area contributed by atoms with Crippen LogP contribution in [-0.4, -0.2) is 28.9 Å². The van der Waals surface area contributed by atoms with E-state index in [1.165, 1.54) is 11.1 Å². The molecule has 4 rings (SSSR count). The van der Waals surface area contributed by atoms with E-state index in [0.29, 0.717) is 19.8 Å². The smallest absolute Gasteiger partial charge is 0.225 e. The van der Waals surface area contributed by atoms with Crippen molar-refractivity contribution in [1.29, 1.82) is 0 Å². The monoisotopic (exact) mass is 447 g/mol. The van der Waals surface area contributed by atoms with Crippen molar-refractivity contribution in [3.8, 4) is 11.5 Å². The lowest BCUT2D eigenvalue weighted by Gasteiger charge is -2.24. The number of rotatable bonds is 8. The molecule has 6 heteroatoms. The van der Waals surface area contributed by atoms with Gasteiger partial charge in [0.1, 0.15) is 13.2 Å². The zero-order valence-electron chi connectivity index (χ0n) is 19.9. The van der Waals surface area contributed by atoms with Crippen LogP contribution in [0.4, 0.5) is 0 Å². The zero-order chi connectivity index (χ0) is 23.4. The summed E-state index contributed by atoms with van der Waals surface area (Å²) >= 11 is 0. The molecule has 1 aromatic heterocycles. The van der Waals surface area contributed by atoms with Gasteiger partial charge in [0.2, 0.25) is 5.91 Å². The SMILES string of the molecule is Cc1nn(CC(C)C(=O)NC(CCc2ccccc2)c2ccc3c(c2)OCCO3)c(C)c1C. The zero-order valence-corrected chi connectivity index (χ0v) is 19.9. The molecular formula is C27H33N3O3. The van der Waals surface area contributed by atoms with Crippen molar-refractivity contribution in [2.75, 3.05) is 13.2 Å². The van der Waals surface area contributed by atoms with E-state index >= 15 is 0 Å². The molecule has 0 aliphatic carbocycles. The summed E-state index contributed by atoms with van der Waals surface area (Å²) in [6.45, 7) is 9.74. The third-order valence-electron chi connectivity index (χ3n) is 6.49. The third-order valence-corrected chi connectivity index (χ3v) is 6.49. The summed E-state index contributed by atoms with van der Waals surface area (Å²) in [5.41, 5.74) is 5.58. The number of aryl methyl sites for hydroxylation is 2. The molecule has 0 bridgehead atoms. The predicted octanol–water partition coefficient (Wildman–Crippen LogP) is 4.71. The van der Waals surface area contributed by atoms with Crippen molar-refractivity contribution in [2.24, 2.45) is 5.92 Å². The quantitative estimate of drug-likeness (QED) is 0.543. The molecule has 1 amide bonds. The first-order chi connectivity index (χ1) is 15.9. The predicted molar refractivity (Wildman–Crippen MR) is 129 cm³/mol. The Hall–Kier alpha value is -3.28. The minimum atomic E-state index is -0.209. The molecule has 3 aromatic rings. The summed E-state index contributed by atoms with van der Waals surface area (Å²) in [7, 11) is 0. The van der Waals surface area contributed by atoms with Gasteiger partial charge in [0.25, 0.3) is 0 Å². The first-order valence-corrected chi connectivity index (χ1v) is 11.7. The summed E-state index contributed by atoms with van der Waals surface area (Å²) in [6, 6.07) is 16.2. The molecule has 2 heterocycles. The van der Waals surface area contributed by atoms with E-state index in [9.17, 15) is 4.79 Å². The number of carbonyl (C=O) groups excluding carboxylic acids is 1. The maximum atomic E-state index is 13.2. The highest BCUT2D eigenvalue weighted by atomic mass is 16.6. The van der Waals surface area contributed by atoms with E-state index in [2.05, 4.69) is 36.4 Å². The molecule has 2 aromatic carbocycles. The number of benzene rings is 2. The largest absolute Gasteiger partial charge is 0.486 e. The van der Waals surface area contributed by atoms with Gasteiger partial charge in [-0.2, -0.15) is 5.10 Å². The number of carbonyl (C=O) groups is 1. The lowest BCUT2D eigenvalue weighted by atomic mass is 9.97. The highest BCUT2D eigenvalue weighted by Crippen LogP contribution is 2.34. The number of nitrogens with one attached hydrogen (secondary N) is 1. The van der Waals surface area contributed by atoms with Crippen molar-refractivity contribution in [3.63, 3.8) is 0 Å². The molecule has 1 aliphatic heterocycles. The average Bonchev–Trinajstić information content (AvgIpc) is 3.08. The van der Waals surface area contributed by atoms with Crippen molar-refractivity contribution < 1.29 is 14.3 Å². The Morgan fingerprint density at radius 3 is 2.48 bits per heavy atom. The number of amides is 1. The van der Waals surface area contributed by atoms with Gasteiger partial charge >= 0.3 is 0 Å². The Labute approximate surface area is 195 Å². The van der Waals surface area contributed by atoms with Crippen LogP contribution in [0.15, 0.2) is 48.5 Å². The summed E-state index contributed by atoms with van der Waals surface area (Å²) < 4.78 is 13.4. The average molecular weight is 448 g/mol. The van der Waals surface area contributed by atoms with Crippen LogP contribution in [-0.2, 0) is 17.8 Å². The van der Waals surface area contributed by atoms with Gasteiger partial charge in [-0.05, 0) is 62.4 Å². The van der Waals surface area contributed by atoms with Gasteiger partial charge in [-0.3, -0.25) is 9.48 Å². The minimum absolute atomic E-state index is 0.0214. The van der Waals surface area contributed by atoms with Crippen LogP contribution >= 0.6 is 0 Å². The second-order valence-corrected chi connectivity index (χ2v) is 8.87.